The van der Waals surface area contributed by atoms with Gasteiger partial charge in [0, 0.05) is 0 Å². The first-order valence-electron chi connectivity index (χ1n) is 16.2. The van der Waals surface area contributed by atoms with Gasteiger partial charge in [-0.1, -0.05) is 154 Å². The lowest BCUT2D eigenvalue weighted by Crippen LogP contribution is -2.21. The number of benzene rings is 3. The van der Waals surface area contributed by atoms with Crippen LogP contribution in [0.1, 0.15) is 158 Å². The van der Waals surface area contributed by atoms with Crippen molar-refractivity contribution in [2.45, 2.75) is 125 Å². The molecule has 0 saturated heterocycles. The fourth-order valence-electron chi connectivity index (χ4n) is 5.83. The summed E-state index contributed by atoms with van der Waals surface area (Å²) in [7, 11) is 0.543. The van der Waals surface area contributed by atoms with Crippen molar-refractivity contribution in [3.63, 3.8) is 0 Å². The second-order valence-corrected chi connectivity index (χ2v) is 17.5. The van der Waals surface area contributed by atoms with Crippen LogP contribution in [0.5, 0.6) is 0 Å². The first-order chi connectivity index (χ1) is 19.3. The van der Waals surface area contributed by atoms with E-state index in [-0.39, 0.29) is 7.92 Å². The highest BCUT2D eigenvalue weighted by atomic mass is 31.1. The van der Waals surface area contributed by atoms with Gasteiger partial charge in [-0.3, -0.25) is 0 Å². The smallest absolute Gasteiger partial charge is 0.00325 e. The molecule has 3 rings (SSSR count). The Morgan fingerprint density at radius 1 is 0.537 bits per heavy atom. The van der Waals surface area contributed by atoms with Crippen LogP contribution in [0.2, 0.25) is 0 Å². The summed E-state index contributed by atoms with van der Waals surface area (Å²) in [5, 5.41) is 3.38. The van der Waals surface area contributed by atoms with Crippen molar-refractivity contribution in [2.24, 2.45) is 0 Å². The van der Waals surface area contributed by atoms with Crippen LogP contribution in [0.3, 0.4) is 0 Å². The zero-order valence-electron chi connectivity index (χ0n) is 28.2. The highest BCUT2D eigenvalue weighted by molar-refractivity contribution is 7.66. The molecule has 0 aliphatic carbocycles. The standard InChI is InChI=1S/C39H58P2/c1-25(2)32-20-34(27(5)6)38(35(21-32)28(7)8)40-18-19-41(24-31-16-14-13-15-17-31)39-36(29(9)10)22-33(26(3)4)23-37(39)30(11)12/h13-17,20-23,25-30,40H,18-19,24H2,1-12H3. The van der Waals surface area contributed by atoms with Gasteiger partial charge in [0.1, 0.15) is 0 Å². The monoisotopic (exact) mass is 588 g/mol. The maximum atomic E-state index is 2.57. The molecular weight excluding hydrogens is 530 g/mol. The molecule has 2 unspecified atom stereocenters. The van der Waals surface area contributed by atoms with Gasteiger partial charge in [-0.15, -0.1) is 0 Å². The van der Waals surface area contributed by atoms with Crippen molar-refractivity contribution in [3.05, 3.63) is 93.5 Å². The topological polar surface area (TPSA) is 0 Å². The van der Waals surface area contributed by atoms with E-state index in [0.29, 0.717) is 35.5 Å². The van der Waals surface area contributed by atoms with E-state index < -0.39 is 0 Å². The molecule has 224 valence electrons. The van der Waals surface area contributed by atoms with Gasteiger partial charge in [-0.25, -0.2) is 0 Å². The lowest BCUT2D eigenvalue weighted by Gasteiger charge is -2.30. The Morgan fingerprint density at radius 2 is 0.951 bits per heavy atom. The Morgan fingerprint density at radius 3 is 1.34 bits per heavy atom. The van der Waals surface area contributed by atoms with E-state index in [1.54, 1.807) is 32.9 Å². The summed E-state index contributed by atoms with van der Waals surface area (Å²) in [4.78, 5) is 0. The normalized spacial score (nSPS) is 13.3. The molecule has 0 aliphatic rings. The Labute approximate surface area is 257 Å². The third kappa shape index (κ3) is 8.77. The van der Waals surface area contributed by atoms with Crippen molar-refractivity contribution in [1.29, 1.82) is 0 Å². The molecule has 2 heteroatoms. The molecule has 0 heterocycles. The van der Waals surface area contributed by atoms with Gasteiger partial charge in [0.05, 0.1) is 0 Å². The van der Waals surface area contributed by atoms with Crippen molar-refractivity contribution < 1.29 is 0 Å². The van der Waals surface area contributed by atoms with E-state index in [2.05, 4.69) is 138 Å². The average molecular weight is 589 g/mol. The summed E-state index contributed by atoms with van der Waals surface area (Å²) >= 11 is 0. The van der Waals surface area contributed by atoms with Gasteiger partial charge >= 0.3 is 0 Å². The zero-order valence-corrected chi connectivity index (χ0v) is 30.1. The molecule has 0 aromatic heterocycles. The van der Waals surface area contributed by atoms with Gasteiger partial charge < -0.3 is 0 Å². The minimum atomic E-state index is -0.326. The highest BCUT2D eigenvalue weighted by Gasteiger charge is 2.25. The molecule has 2 atom stereocenters. The van der Waals surface area contributed by atoms with Crippen LogP contribution in [-0.2, 0) is 6.16 Å². The van der Waals surface area contributed by atoms with Gasteiger partial charge in [0.25, 0.3) is 0 Å². The summed E-state index contributed by atoms with van der Waals surface area (Å²) in [6.45, 7) is 28.6. The third-order valence-electron chi connectivity index (χ3n) is 8.45. The maximum Gasteiger partial charge on any atom is -0.00325 e. The molecule has 0 spiro atoms. The van der Waals surface area contributed by atoms with E-state index in [4.69, 9.17) is 0 Å². The Hall–Kier alpha value is -1.48. The molecule has 3 aromatic rings. The fourth-order valence-corrected chi connectivity index (χ4v) is 11.3. The lowest BCUT2D eigenvalue weighted by molar-refractivity contribution is 0.812. The molecule has 41 heavy (non-hydrogen) atoms. The predicted molar refractivity (Wildman–Crippen MR) is 192 cm³/mol. The Bertz CT molecular complexity index is 1190. The van der Waals surface area contributed by atoms with Crippen LogP contribution in [0, 0.1) is 0 Å². The lowest BCUT2D eigenvalue weighted by atomic mass is 9.89. The quantitative estimate of drug-likeness (QED) is 0.174. The highest BCUT2D eigenvalue weighted by Crippen LogP contribution is 2.46. The summed E-state index contributed by atoms with van der Waals surface area (Å²) < 4.78 is 0. The van der Waals surface area contributed by atoms with E-state index in [0.717, 1.165) is 8.58 Å². The summed E-state index contributed by atoms with van der Waals surface area (Å²) in [6, 6.07) is 21.5. The van der Waals surface area contributed by atoms with Crippen LogP contribution >= 0.6 is 16.5 Å². The molecule has 0 fully saturated rings. The van der Waals surface area contributed by atoms with E-state index in [9.17, 15) is 0 Å². The summed E-state index contributed by atoms with van der Waals surface area (Å²) in [6.07, 6.45) is 3.76. The molecule has 0 N–H and O–H groups in total. The molecule has 0 radical (unpaired) electrons. The molecule has 0 bridgehead atoms. The van der Waals surface area contributed by atoms with Gasteiger partial charge in [-0.2, -0.15) is 0 Å². The Balaban J connectivity index is 2.08. The largest absolute Gasteiger partial charge is 0.0894 e. The third-order valence-corrected chi connectivity index (χ3v) is 13.0. The predicted octanol–water partition coefficient (Wildman–Crippen LogP) is 11.7. The fraction of sp³-hybridized carbons (Fsp3) is 0.538. The first-order valence-corrected chi connectivity index (χ1v) is 19.1. The minimum absolute atomic E-state index is 0.326. The van der Waals surface area contributed by atoms with Crippen LogP contribution in [0.4, 0.5) is 0 Å². The molecule has 0 aliphatic heterocycles. The van der Waals surface area contributed by atoms with Crippen molar-refractivity contribution >= 4 is 27.1 Å². The number of hydrogen-bond donors (Lipinski definition) is 0. The number of hydrogen-bond acceptors (Lipinski definition) is 0. The van der Waals surface area contributed by atoms with Gasteiger partial charge in [0.2, 0.25) is 0 Å². The van der Waals surface area contributed by atoms with Crippen molar-refractivity contribution in [2.75, 3.05) is 12.3 Å². The number of rotatable bonds is 13. The maximum absolute atomic E-state index is 2.57. The summed E-state index contributed by atoms with van der Waals surface area (Å²) in [5.74, 6) is 3.31. The minimum Gasteiger partial charge on any atom is -0.0894 e. The van der Waals surface area contributed by atoms with E-state index in [1.165, 1.54) is 35.2 Å². The van der Waals surface area contributed by atoms with Crippen molar-refractivity contribution in [1.82, 2.24) is 0 Å². The van der Waals surface area contributed by atoms with Gasteiger partial charge in [-0.05, 0) is 104 Å². The second-order valence-electron chi connectivity index (χ2n) is 13.9. The van der Waals surface area contributed by atoms with Crippen molar-refractivity contribution in [3.8, 4) is 0 Å². The van der Waals surface area contributed by atoms with Crippen LogP contribution in [0.25, 0.3) is 0 Å². The Kier molecular flexibility index (Phi) is 12.7. The van der Waals surface area contributed by atoms with Crippen LogP contribution in [0.15, 0.2) is 54.6 Å². The van der Waals surface area contributed by atoms with E-state index in [1.807, 2.05) is 0 Å². The molecule has 0 nitrogen and oxygen atoms in total. The SMILES string of the molecule is CC(C)c1cc(C(C)C)c(PCCP(Cc2ccccc2)c2c(C(C)C)cc(C(C)C)cc2C(C)C)c(C(C)C)c1. The summed E-state index contributed by atoms with van der Waals surface area (Å²) in [5.41, 5.74) is 10.9. The molecular formula is C39H58P2. The zero-order chi connectivity index (χ0) is 30.4. The molecule has 3 aromatic carbocycles. The van der Waals surface area contributed by atoms with Gasteiger partial charge in [0.15, 0.2) is 0 Å². The average Bonchev–Trinajstić information content (AvgIpc) is 2.91. The molecule has 0 amide bonds. The molecule has 0 saturated carbocycles. The van der Waals surface area contributed by atoms with E-state index >= 15 is 0 Å². The van der Waals surface area contributed by atoms with Crippen LogP contribution in [-0.4, -0.2) is 12.3 Å². The van der Waals surface area contributed by atoms with Crippen LogP contribution < -0.4 is 10.6 Å². The second kappa shape index (κ2) is 15.3. The first kappa shape index (κ1) is 34.0.